The molecular weight excluding hydrogens is 413 g/mol. The number of fused-ring (bicyclic) bond motifs is 1. The molecule has 152 valence electrons. The topological polar surface area (TPSA) is 43.4 Å². The predicted molar refractivity (Wildman–Crippen MR) is 110 cm³/mol. The number of hydrogen-bond acceptors (Lipinski definition) is 3. The van der Waals surface area contributed by atoms with Crippen LogP contribution in [0.5, 0.6) is 5.75 Å². The maximum Gasteiger partial charge on any atom is 0.534 e. The van der Waals surface area contributed by atoms with Gasteiger partial charge in [-0.15, -0.1) is 0 Å². The van der Waals surface area contributed by atoms with E-state index in [0.717, 1.165) is 16.8 Å². The summed E-state index contributed by atoms with van der Waals surface area (Å²) >= 11 is 0. The molecule has 0 unspecified atom stereocenters. The van der Waals surface area contributed by atoms with E-state index in [1.54, 1.807) is 12.1 Å². The molecule has 0 heterocycles. The summed E-state index contributed by atoms with van der Waals surface area (Å²) in [6, 6.07) is 12.7. The average molecular weight is 433 g/mol. The van der Waals surface area contributed by atoms with Crippen LogP contribution in [0, 0.1) is 0 Å². The molecule has 4 aromatic carbocycles. The minimum Gasteiger partial charge on any atom is -0.375 e. The van der Waals surface area contributed by atoms with Crippen molar-refractivity contribution in [3.05, 3.63) is 90.9 Å². The standard InChI is InChI=1S/C23H15F3O3S/c24-23(25,26)30(27,28)29-22-13-12-20(15-21(22)17-7-2-1-3-8-17)19-11-10-16-6-4-5-9-18(16)14-19/h1-15H/i1D,2D,3D,7D,8D. The number of benzene rings is 4. The Kier molecular flexibility index (Phi) is 3.66. The van der Waals surface area contributed by atoms with E-state index in [0.29, 0.717) is 11.1 Å². The summed E-state index contributed by atoms with van der Waals surface area (Å²) in [6.07, 6.45) is 0. The molecule has 0 saturated heterocycles. The van der Waals surface area contributed by atoms with Crippen LogP contribution in [-0.2, 0) is 10.1 Å². The first-order chi connectivity index (χ1) is 16.3. The molecule has 0 radical (unpaired) electrons. The van der Waals surface area contributed by atoms with Crippen molar-refractivity contribution in [3.8, 4) is 28.0 Å². The number of hydrogen-bond donors (Lipinski definition) is 0. The third kappa shape index (κ3) is 3.89. The van der Waals surface area contributed by atoms with Gasteiger partial charge in [0, 0.05) is 5.56 Å². The minimum absolute atomic E-state index is 0.398. The highest BCUT2D eigenvalue weighted by Crippen LogP contribution is 2.37. The van der Waals surface area contributed by atoms with E-state index in [-0.39, 0.29) is 0 Å². The maximum absolute atomic E-state index is 13.0. The Morgan fingerprint density at radius 2 is 1.40 bits per heavy atom. The van der Waals surface area contributed by atoms with Crippen LogP contribution in [0.1, 0.15) is 6.85 Å². The van der Waals surface area contributed by atoms with E-state index in [2.05, 4.69) is 4.18 Å². The van der Waals surface area contributed by atoms with Crippen LogP contribution < -0.4 is 4.18 Å². The molecule has 0 amide bonds. The lowest BCUT2D eigenvalue weighted by Crippen LogP contribution is -2.28. The van der Waals surface area contributed by atoms with Gasteiger partial charge in [-0.3, -0.25) is 0 Å². The van der Waals surface area contributed by atoms with Crippen LogP contribution in [0.25, 0.3) is 33.0 Å². The zero-order valence-electron chi connectivity index (χ0n) is 20.0. The molecule has 0 aliphatic heterocycles. The largest absolute Gasteiger partial charge is 0.534 e. The Morgan fingerprint density at radius 3 is 2.10 bits per heavy atom. The van der Waals surface area contributed by atoms with Gasteiger partial charge in [0.2, 0.25) is 0 Å². The fourth-order valence-electron chi connectivity index (χ4n) is 2.90. The van der Waals surface area contributed by atoms with Crippen molar-refractivity contribution >= 4 is 20.9 Å². The molecule has 0 fully saturated rings. The van der Waals surface area contributed by atoms with Gasteiger partial charge in [0.05, 0.1) is 6.85 Å². The van der Waals surface area contributed by atoms with E-state index in [1.165, 1.54) is 12.1 Å². The zero-order valence-corrected chi connectivity index (χ0v) is 15.9. The SMILES string of the molecule is [2H]c1c([2H])c([2H])c(-c2cc(-c3ccc4ccccc4c3)ccc2OS(=O)(=O)C(F)(F)F)c([2H])c1[2H]. The van der Waals surface area contributed by atoms with Crippen molar-refractivity contribution in [2.75, 3.05) is 0 Å². The highest BCUT2D eigenvalue weighted by atomic mass is 32.2. The zero-order chi connectivity index (χ0) is 25.7. The monoisotopic (exact) mass is 433 g/mol. The smallest absolute Gasteiger partial charge is 0.375 e. The Balaban J connectivity index is 1.99. The van der Waals surface area contributed by atoms with E-state index in [9.17, 15) is 21.6 Å². The van der Waals surface area contributed by atoms with Gasteiger partial charge in [0.1, 0.15) is 0 Å². The summed E-state index contributed by atoms with van der Waals surface area (Å²) in [7, 11) is -6.09. The molecule has 0 bridgehead atoms. The van der Waals surface area contributed by atoms with E-state index in [4.69, 9.17) is 6.85 Å². The lowest BCUT2D eigenvalue weighted by atomic mass is 9.96. The van der Waals surface area contributed by atoms with Crippen LogP contribution in [0.3, 0.4) is 0 Å². The van der Waals surface area contributed by atoms with Gasteiger partial charge in [-0.2, -0.15) is 21.6 Å². The van der Waals surface area contributed by atoms with Gasteiger partial charge in [-0.05, 0) is 45.7 Å². The first kappa shape index (κ1) is 14.6. The highest BCUT2D eigenvalue weighted by molar-refractivity contribution is 7.88. The fraction of sp³-hybridized carbons (Fsp3) is 0.0435. The lowest BCUT2D eigenvalue weighted by Gasteiger charge is -2.15. The Bertz CT molecular complexity index is 1560. The van der Waals surface area contributed by atoms with Gasteiger partial charge >= 0.3 is 15.6 Å². The predicted octanol–water partition coefficient (Wildman–Crippen LogP) is 6.40. The van der Waals surface area contributed by atoms with Crippen LogP contribution in [0.4, 0.5) is 13.2 Å². The number of rotatable bonds is 4. The average Bonchev–Trinajstić information content (AvgIpc) is 2.81. The highest BCUT2D eigenvalue weighted by Gasteiger charge is 2.48. The normalized spacial score (nSPS) is 14.4. The van der Waals surface area contributed by atoms with Crippen molar-refractivity contribution in [1.82, 2.24) is 0 Å². The van der Waals surface area contributed by atoms with Crippen molar-refractivity contribution in [2.24, 2.45) is 0 Å². The van der Waals surface area contributed by atoms with Gasteiger partial charge < -0.3 is 4.18 Å². The number of halogens is 3. The quantitative estimate of drug-likeness (QED) is 0.276. The lowest BCUT2D eigenvalue weighted by molar-refractivity contribution is -0.0499. The molecule has 30 heavy (non-hydrogen) atoms. The molecule has 7 heteroatoms. The molecule has 3 nitrogen and oxygen atoms in total. The van der Waals surface area contributed by atoms with Gasteiger partial charge in [0.25, 0.3) is 0 Å². The van der Waals surface area contributed by atoms with Gasteiger partial charge in [-0.25, -0.2) is 0 Å². The van der Waals surface area contributed by atoms with Crippen molar-refractivity contribution in [2.45, 2.75) is 5.51 Å². The third-order valence-electron chi connectivity index (χ3n) is 4.31. The van der Waals surface area contributed by atoms with E-state index in [1.807, 2.05) is 30.3 Å². The second-order valence-corrected chi connectivity index (χ2v) is 7.79. The maximum atomic E-state index is 13.0. The van der Waals surface area contributed by atoms with Crippen LogP contribution in [0.2, 0.25) is 0 Å². The minimum atomic E-state index is -6.09. The molecule has 0 aliphatic rings. The first-order valence-corrected chi connectivity index (χ1v) is 9.94. The molecule has 0 atom stereocenters. The summed E-state index contributed by atoms with van der Waals surface area (Å²) in [5.41, 5.74) is -5.63. The van der Waals surface area contributed by atoms with Crippen LogP contribution >= 0.6 is 0 Å². The third-order valence-corrected chi connectivity index (χ3v) is 5.28. The molecule has 0 spiro atoms. The van der Waals surface area contributed by atoms with Crippen molar-refractivity contribution in [1.29, 1.82) is 0 Å². The summed E-state index contributed by atoms with van der Waals surface area (Å²) < 4.78 is 107. The van der Waals surface area contributed by atoms with Crippen LogP contribution in [0.15, 0.2) is 90.9 Å². The molecule has 0 aliphatic carbocycles. The van der Waals surface area contributed by atoms with Crippen LogP contribution in [-0.4, -0.2) is 13.9 Å². The Morgan fingerprint density at radius 1 is 0.767 bits per heavy atom. The second kappa shape index (κ2) is 7.50. The Labute approximate surface area is 178 Å². The van der Waals surface area contributed by atoms with E-state index < -0.39 is 62.7 Å². The second-order valence-electron chi connectivity index (χ2n) is 6.26. The Hall–Kier alpha value is -3.32. The fourth-order valence-corrected chi connectivity index (χ4v) is 3.37. The molecule has 0 saturated carbocycles. The van der Waals surface area contributed by atoms with Gasteiger partial charge in [-0.1, -0.05) is 72.7 Å². The van der Waals surface area contributed by atoms with Crippen molar-refractivity contribution in [3.63, 3.8) is 0 Å². The molecule has 4 aromatic rings. The summed E-state index contributed by atoms with van der Waals surface area (Å²) in [6.45, 7) is 0. The summed E-state index contributed by atoms with van der Waals surface area (Å²) in [4.78, 5) is 0. The molecule has 0 N–H and O–H groups in total. The summed E-state index contributed by atoms with van der Waals surface area (Å²) in [5, 5.41) is 1.78. The first-order valence-electron chi connectivity index (χ1n) is 11.0. The summed E-state index contributed by atoms with van der Waals surface area (Å²) in [5.74, 6) is -0.828. The molecular formula is C23H15F3O3S. The van der Waals surface area contributed by atoms with Gasteiger partial charge in [0.15, 0.2) is 5.75 Å². The molecule has 0 aromatic heterocycles. The molecule has 4 rings (SSSR count). The number of alkyl halides is 3. The van der Waals surface area contributed by atoms with E-state index >= 15 is 0 Å². The van der Waals surface area contributed by atoms with Crippen molar-refractivity contribution < 1.29 is 32.6 Å².